The molecule has 0 saturated carbocycles. The van der Waals surface area contributed by atoms with Crippen LogP contribution in [0.15, 0.2) is 35.6 Å². The molecule has 0 radical (unpaired) electrons. The van der Waals surface area contributed by atoms with Crippen LogP contribution in [0, 0.1) is 0 Å². The van der Waals surface area contributed by atoms with Gasteiger partial charge in [-0.25, -0.2) is 0 Å². The first-order chi connectivity index (χ1) is 9.62. The van der Waals surface area contributed by atoms with Crippen molar-refractivity contribution in [3.63, 3.8) is 0 Å². The lowest BCUT2D eigenvalue weighted by atomic mass is 10.0. The Morgan fingerprint density at radius 2 is 1.95 bits per heavy atom. The Balaban J connectivity index is 2.72. The maximum Gasteiger partial charge on any atom is 0.251 e. The molecule has 0 atom stereocenters. The van der Waals surface area contributed by atoms with Crippen molar-refractivity contribution in [1.29, 1.82) is 0 Å². The molecule has 0 heterocycles. The van der Waals surface area contributed by atoms with Crippen LogP contribution in [-0.2, 0) is 11.2 Å². The van der Waals surface area contributed by atoms with Crippen LogP contribution in [0.3, 0.4) is 0 Å². The molecule has 0 aromatic heterocycles. The Labute approximate surface area is 120 Å². The summed E-state index contributed by atoms with van der Waals surface area (Å²) in [7, 11) is 1.69. The number of aliphatic hydroxyl groups excluding tert-OH is 1. The van der Waals surface area contributed by atoms with E-state index in [1.165, 1.54) is 5.57 Å². The molecular weight excluding hydrogens is 254 g/mol. The zero-order chi connectivity index (χ0) is 15.0. The second-order valence-corrected chi connectivity index (χ2v) is 4.61. The predicted molar refractivity (Wildman–Crippen MR) is 79.6 cm³/mol. The highest BCUT2D eigenvalue weighted by Gasteiger charge is 2.06. The number of ether oxygens (including phenoxy) is 1. The lowest BCUT2D eigenvalue weighted by Crippen LogP contribution is -2.26. The molecule has 0 aliphatic carbocycles. The second kappa shape index (κ2) is 8.38. The lowest BCUT2D eigenvalue weighted by molar-refractivity contribution is 0.0945. The Morgan fingerprint density at radius 1 is 1.30 bits per heavy atom. The monoisotopic (exact) mass is 277 g/mol. The predicted octanol–water partition coefficient (Wildman–Crippen LogP) is 2.28. The van der Waals surface area contributed by atoms with E-state index in [9.17, 15) is 4.79 Å². The van der Waals surface area contributed by atoms with Crippen LogP contribution in [0.1, 0.15) is 36.2 Å². The quantitative estimate of drug-likeness (QED) is 0.752. The van der Waals surface area contributed by atoms with Crippen molar-refractivity contribution in [2.24, 2.45) is 0 Å². The van der Waals surface area contributed by atoms with Crippen molar-refractivity contribution in [1.82, 2.24) is 5.32 Å². The fraction of sp³-hybridized carbons (Fsp3) is 0.438. The molecule has 0 saturated heterocycles. The molecule has 1 amide bonds. The van der Waals surface area contributed by atoms with Gasteiger partial charge >= 0.3 is 0 Å². The molecule has 20 heavy (non-hydrogen) atoms. The molecule has 4 nitrogen and oxygen atoms in total. The van der Waals surface area contributed by atoms with Gasteiger partial charge in [-0.2, -0.15) is 0 Å². The fourth-order valence-corrected chi connectivity index (χ4v) is 2.07. The minimum absolute atomic E-state index is 0.0510. The van der Waals surface area contributed by atoms with Gasteiger partial charge in [0.2, 0.25) is 0 Å². The summed E-state index contributed by atoms with van der Waals surface area (Å²) in [4.78, 5) is 11.7. The number of benzene rings is 1. The van der Waals surface area contributed by atoms with E-state index in [0.717, 1.165) is 24.2 Å². The van der Waals surface area contributed by atoms with Gasteiger partial charge in [0, 0.05) is 18.5 Å². The van der Waals surface area contributed by atoms with Crippen molar-refractivity contribution >= 4 is 5.91 Å². The number of amides is 1. The zero-order valence-electron chi connectivity index (χ0n) is 12.4. The van der Waals surface area contributed by atoms with Gasteiger partial charge in [-0.3, -0.25) is 4.79 Å². The van der Waals surface area contributed by atoms with Crippen LogP contribution in [0.2, 0.25) is 0 Å². The summed E-state index contributed by atoms with van der Waals surface area (Å²) in [6.45, 7) is 4.35. The van der Waals surface area contributed by atoms with Gasteiger partial charge in [0.1, 0.15) is 0 Å². The number of rotatable bonds is 7. The van der Waals surface area contributed by atoms with Crippen LogP contribution in [-0.4, -0.2) is 31.3 Å². The number of carbonyl (C=O) groups excluding carboxylic acids is 1. The number of nitrogens with one attached hydrogen (secondary N) is 1. The first kappa shape index (κ1) is 16.2. The first-order valence-electron chi connectivity index (χ1n) is 6.83. The summed E-state index contributed by atoms with van der Waals surface area (Å²) in [6, 6.07) is 7.49. The number of methoxy groups -OCH3 is 1. The van der Waals surface area contributed by atoms with E-state index in [4.69, 9.17) is 9.84 Å². The molecule has 0 spiro atoms. The third-order valence-corrected chi connectivity index (χ3v) is 3.13. The molecule has 1 aromatic rings. The van der Waals surface area contributed by atoms with Crippen molar-refractivity contribution in [2.45, 2.75) is 26.7 Å². The summed E-state index contributed by atoms with van der Waals surface area (Å²) in [5.74, 6) is 0.846. The number of hydrogen-bond acceptors (Lipinski definition) is 3. The number of aliphatic hydroxyl groups is 1. The Hall–Kier alpha value is -1.81. The molecule has 0 fully saturated rings. The summed E-state index contributed by atoms with van der Waals surface area (Å²) in [5.41, 5.74) is 2.95. The maximum absolute atomic E-state index is 11.7. The molecule has 1 rings (SSSR count). The van der Waals surface area contributed by atoms with E-state index >= 15 is 0 Å². The third kappa shape index (κ3) is 4.70. The van der Waals surface area contributed by atoms with Crippen LogP contribution < -0.4 is 5.32 Å². The molecule has 0 unspecified atom stereocenters. The number of allylic oxidation sites excluding steroid dienone is 2. The maximum atomic E-state index is 11.7. The van der Waals surface area contributed by atoms with E-state index in [1.807, 2.05) is 12.1 Å². The molecule has 2 N–H and O–H groups in total. The van der Waals surface area contributed by atoms with Crippen molar-refractivity contribution < 1.29 is 14.6 Å². The van der Waals surface area contributed by atoms with E-state index < -0.39 is 0 Å². The summed E-state index contributed by atoms with van der Waals surface area (Å²) >= 11 is 0. The van der Waals surface area contributed by atoms with Gasteiger partial charge in [-0.1, -0.05) is 19.1 Å². The van der Waals surface area contributed by atoms with Crippen molar-refractivity contribution in [3.05, 3.63) is 46.7 Å². The highest BCUT2D eigenvalue weighted by molar-refractivity contribution is 5.94. The van der Waals surface area contributed by atoms with Crippen LogP contribution in [0.4, 0.5) is 0 Å². The van der Waals surface area contributed by atoms with Gasteiger partial charge < -0.3 is 15.2 Å². The third-order valence-electron chi connectivity index (χ3n) is 3.13. The van der Waals surface area contributed by atoms with Crippen LogP contribution in [0.5, 0.6) is 0 Å². The normalized spacial score (nSPS) is 11.8. The molecule has 1 aromatic carbocycles. The number of carbonyl (C=O) groups is 1. The molecule has 0 bridgehead atoms. The van der Waals surface area contributed by atoms with Crippen molar-refractivity contribution in [3.8, 4) is 0 Å². The summed E-state index contributed by atoms with van der Waals surface area (Å²) in [5, 5.41) is 11.3. The minimum Gasteiger partial charge on any atom is -0.501 e. The molecule has 0 aliphatic heterocycles. The Kier molecular flexibility index (Phi) is 6.81. The van der Waals surface area contributed by atoms with E-state index in [2.05, 4.69) is 19.2 Å². The van der Waals surface area contributed by atoms with Gasteiger partial charge in [-0.05, 0) is 36.6 Å². The summed E-state index contributed by atoms with van der Waals surface area (Å²) in [6.07, 6.45) is 1.69. The van der Waals surface area contributed by atoms with E-state index in [0.29, 0.717) is 5.56 Å². The minimum atomic E-state index is -0.163. The largest absolute Gasteiger partial charge is 0.501 e. The SMILES string of the molecule is CC/C(OC)=C(\C)Cc1ccc(C(=O)NCCO)cc1. The van der Waals surface area contributed by atoms with E-state index in [1.54, 1.807) is 19.2 Å². The average molecular weight is 277 g/mol. The number of hydrogen-bond donors (Lipinski definition) is 2. The molecular formula is C16H23NO3. The van der Waals surface area contributed by atoms with Crippen LogP contribution >= 0.6 is 0 Å². The highest BCUT2D eigenvalue weighted by atomic mass is 16.5. The van der Waals surface area contributed by atoms with Gasteiger partial charge in [0.05, 0.1) is 19.5 Å². The first-order valence-corrected chi connectivity index (χ1v) is 6.83. The summed E-state index contributed by atoms with van der Waals surface area (Å²) < 4.78 is 5.33. The zero-order valence-corrected chi connectivity index (χ0v) is 12.4. The smallest absolute Gasteiger partial charge is 0.251 e. The Bertz CT molecular complexity index is 457. The van der Waals surface area contributed by atoms with Gasteiger partial charge in [-0.15, -0.1) is 0 Å². The van der Waals surface area contributed by atoms with E-state index in [-0.39, 0.29) is 19.1 Å². The second-order valence-electron chi connectivity index (χ2n) is 4.61. The standard InChI is InChI=1S/C16H23NO3/c1-4-15(20-3)12(2)11-13-5-7-14(8-6-13)16(19)17-9-10-18/h5-8,18H,4,9-11H2,1-3H3,(H,17,19)/b15-12-. The van der Waals surface area contributed by atoms with Gasteiger partial charge in [0.25, 0.3) is 5.91 Å². The van der Waals surface area contributed by atoms with Crippen molar-refractivity contribution in [2.75, 3.05) is 20.3 Å². The average Bonchev–Trinajstić information content (AvgIpc) is 2.46. The molecule has 110 valence electrons. The highest BCUT2D eigenvalue weighted by Crippen LogP contribution is 2.15. The fourth-order valence-electron chi connectivity index (χ4n) is 2.07. The molecule has 4 heteroatoms. The van der Waals surface area contributed by atoms with Crippen LogP contribution in [0.25, 0.3) is 0 Å². The molecule has 0 aliphatic rings. The topological polar surface area (TPSA) is 58.6 Å². The Morgan fingerprint density at radius 3 is 2.45 bits per heavy atom. The van der Waals surface area contributed by atoms with Gasteiger partial charge in [0.15, 0.2) is 0 Å². The lowest BCUT2D eigenvalue weighted by Gasteiger charge is -2.10.